The van der Waals surface area contributed by atoms with E-state index in [0.717, 1.165) is 16.8 Å². The van der Waals surface area contributed by atoms with Crippen molar-refractivity contribution in [3.8, 4) is 6.07 Å². The average molecular weight is 386 g/mol. The number of anilines is 1. The molecular formula is C19H22N4O3S. The van der Waals surface area contributed by atoms with Crippen molar-refractivity contribution in [2.75, 3.05) is 31.6 Å². The van der Waals surface area contributed by atoms with Gasteiger partial charge in [0, 0.05) is 25.3 Å². The number of aromatic nitrogens is 1. The summed E-state index contributed by atoms with van der Waals surface area (Å²) in [5.74, 6) is 0.542. The highest BCUT2D eigenvalue weighted by Crippen LogP contribution is 2.20. The van der Waals surface area contributed by atoms with E-state index in [2.05, 4.69) is 16.4 Å². The van der Waals surface area contributed by atoms with Gasteiger partial charge in [-0.3, -0.25) is 0 Å². The molecule has 7 nitrogen and oxygen atoms in total. The summed E-state index contributed by atoms with van der Waals surface area (Å²) in [5.41, 5.74) is 3.13. The quantitative estimate of drug-likeness (QED) is 0.846. The van der Waals surface area contributed by atoms with E-state index in [1.54, 1.807) is 24.3 Å². The minimum absolute atomic E-state index is 0.274. The Morgan fingerprint density at radius 3 is 2.52 bits per heavy atom. The Morgan fingerprint density at radius 1 is 1.22 bits per heavy atom. The summed E-state index contributed by atoms with van der Waals surface area (Å²) in [6.45, 7) is 5.80. The van der Waals surface area contributed by atoms with Gasteiger partial charge in [0.2, 0.25) is 10.0 Å². The number of hydrogen-bond acceptors (Lipinski definition) is 6. The van der Waals surface area contributed by atoms with E-state index in [-0.39, 0.29) is 4.90 Å². The standard InChI is InChI=1S/C19H22N4O3S/c1-14-11-15(2)22-19(18(14)12-20)21-13-16-3-5-17(6-4-16)27(24,25)23-7-9-26-10-8-23/h3-6,11H,7-10,13H2,1-2H3,(H,21,22). The van der Waals surface area contributed by atoms with Gasteiger partial charge in [-0.2, -0.15) is 9.57 Å². The van der Waals surface area contributed by atoms with E-state index >= 15 is 0 Å². The minimum Gasteiger partial charge on any atom is -0.379 e. The van der Waals surface area contributed by atoms with Crippen LogP contribution in [0.25, 0.3) is 0 Å². The lowest BCUT2D eigenvalue weighted by molar-refractivity contribution is 0.0730. The molecule has 142 valence electrons. The molecule has 0 unspecified atom stereocenters. The van der Waals surface area contributed by atoms with Gasteiger partial charge in [-0.15, -0.1) is 0 Å². The second-order valence-electron chi connectivity index (χ2n) is 6.43. The van der Waals surface area contributed by atoms with Crippen molar-refractivity contribution >= 4 is 15.8 Å². The van der Waals surface area contributed by atoms with Gasteiger partial charge in [-0.25, -0.2) is 13.4 Å². The van der Waals surface area contributed by atoms with Gasteiger partial charge in [0.05, 0.1) is 23.7 Å². The number of aryl methyl sites for hydroxylation is 2. The van der Waals surface area contributed by atoms with Crippen LogP contribution in [0.1, 0.15) is 22.4 Å². The van der Waals surface area contributed by atoms with Crippen molar-refractivity contribution < 1.29 is 13.2 Å². The first kappa shape index (κ1) is 19.3. The van der Waals surface area contributed by atoms with Crippen LogP contribution in [0.5, 0.6) is 0 Å². The van der Waals surface area contributed by atoms with E-state index in [0.29, 0.717) is 44.2 Å². The van der Waals surface area contributed by atoms with Crippen LogP contribution in [0, 0.1) is 25.2 Å². The lowest BCUT2D eigenvalue weighted by atomic mass is 10.1. The molecule has 3 rings (SSSR count). The Kier molecular flexibility index (Phi) is 5.75. The molecule has 0 spiro atoms. The van der Waals surface area contributed by atoms with Gasteiger partial charge in [0.25, 0.3) is 0 Å². The number of pyridine rings is 1. The van der Waals surface area contributed by atoms with Crippen LogP contribution in [0.2, 0.25) is 0 Å². The topological polar surface area (TPSA) is 95.3 Å². The largest absolute Gasteiger partial charge is 0.379 e. The molecule has 2 heterocycles. The predicted octanol–water partition coefficient (Wildman–Crippen LogP) is 2.20. The third-order valence-electron chi connectivity index (χ3n) is 4.45. The summed E-state index contributed by atoms with van der Waals surface area (Å²) in [5, 5.41) is 12.5. The maximum absolute atomic E-state index is 12.6. The first-order chi connectivity index (χ1) is 12.9. The van der Waals surface area contributed by atoms with E-state index < -0.39 is 10.0 Å². The van der Waals surface area contributed by atoms with Gasteiger partial charge in [0.1, 0.15) is 11.9 Å². The maximum Gasteiger partial charge on any atom is 0.243 e. The highest BCUT2D eigenvalue weighted by atomic mass is 32.2. The molecule has 0 amide bonds. The van der Waals surface area contributed by atoms with Crippen molar-refractivity contribution in [2.45, 2.75) is 25.3 Å². The third-order valence-corrected chi connectivity index (χ3v) is 6.36. The Balaban J connectivity index is 1.73. The van der Waals surface area contributed by atoms with Crippen LogP contribution >= 0.6 is 0 Å². The summed E-state index contributed by atoms with van der Waals surface area (Å²) in [7, 11) is -3.49. The lowest BCUT2D eigenvalue weighted by Gasteiger charge is -2.26. The van der Waals surface area contributed by atoms with Crippen molar-refractivity contribution in [2.24, 2.45) is 0 Å². The Labute approximate surface area is 159 Å². The van der Waals surface area contributed by atoms with Crippen LogP contribution in [0.4, 0.5) is 5.82 Å². The number of rotatable bonds is 5. The summed E-state index contributed by atoms with van der Waals surface area (Å²) >= 11 is 0. The molecule has 1 aromatic carbocycles. The number of morpholine rings is 1. The first-order valence-corrected chi connectivity index (χ1v) is 10.1. The van der Waals surface area contributed by atoms with E-state index in [1.165, 1.54) is 4.31 Å². The second-order valence-corrected chi connectivity index (χ2v) is 8.37. The number of nitriles is 1. The molecule has 2 aromatic rings. The molecule has 0 bridgehead atoms. The minimum atomic E-state index is -3.49. The molecule has 1 saturated heterocycles. The molecular weight excluding hydrogens is 364 g/mol. The summed E-state index contributed by atoms with van der Waals surface area (Å²) in [6.07, 6.45) is 0. The molecule has 1 aromatic heterocycles. The van der Waals surface area contributed by atoms with Crippen LogP contribution in [-0.2, 0) is 21.3 Å². The molecule has 8 heteroatoms. The summed E-state index contributed by atoms with van der Waals surface area (Å²) in [4.78, 5) is 4.66. The zero-order chi connectivity index (χ0) is 19.4. The molecule has 1 N–H and O–H groups in total. The molecule has 0 aliphatic carbocycles. The molecule has 1 aliphatic rings. The predicted molar refractivity (Wildman–Crippen MR) is 102 cm³/mol. The number of nitrogens with one attached hydrogen (secondary N) is 1. The number of hydrogen-bond donors (Lipinski definition) is 1. The molecule has 0 atom stereocenters. The van der Waals surface area contributed by atoms with Crippen molar-refractivity contribution in [3.63, 3.8) is 0 Å². The molecule has 0 saturated carbocycles. The van der Waals surface area contributed by atoms with Crippen LogP contribution < -0.4 is 5.32 Å². The fourth-order valence-electron chi connectivity index (χ4n) is 3.01. The van der Waals surface area contributed by atoms with E-state index in [1.807, 2.05) is 19.9 Å². The van der Waals surface area contributed by atoms with E-state index in [9.17, 15) is 13.7 Å². The average Bonchev–Trinajstić information content (AvgIpc) is 2.67. The smallest absolute Gasteiger partial charge is 0.243 e. The normalized spacial score (nSPS) is 15.3. The molecule has 1 fully saturated rings. The summed E-state index contributed by atoms with van der Waals surface area (Å²) in [6, 6.07) is 10.8. The van der Waals surface area contributed by atoms with Crippen molar-refractivity contribution in [3.05, 3.63) is 52.7 Å². The molecule has 1 aliphatic heterocycles. The highest BCUT2D eigenvalue weighted by Gasteiger charge is 2.26. The van der Waals surface area contributed by atoms with Crippen molar-refractivity contribution in [1.29, 1.82) is 5.26 Å². The molecule has 27 heavy (non-hydrogen) atoms. The summed E-state index contributed by atoms with van der Waals surface area (Å²) < 4.78 is 32.0. The zero-order valence-electron chi connectivity index (χ0n) is 15.4. The number of nitrogens with zero attached hydrogens (tertiary/aromatic N) is 3. The Hall–Kier alpha value is -2.47. The maximum atomic E-state index is 12.6. The third kappa shape index (κ3) is 4.27. The fourth-order valence-corrected chi connectivity index (χ4v) is 4.41. The SMILES string of the molecule is Cc1cc(C)c(C#N)c(NCc2ccc(S(=O)(=O)N3CCOCC3)cc2)n1. The van der Waals surface area contributed by atoms with Crippen molar-refractivity contribution in [1.82, 2.24) is 9.29 Å². The number of ether oxygens (including phenoxy) is 1. The van der Waals surface area contributed by atoms with Gasteiger partial charge in [0.15, 0.2) is 0 Å². The van der Waals surface area contributed by atoms with Gasteiger partial charge in [-0.05, 0) is 43.2 Å². The first-order valence-electron chi connectivity index (χ1n) is 8.71. The number of sulfonamides is 1. The van der Waals surface area contributed by atoms with Crippen LogP contribution in [0.15, 0.2) is 35.2 Å². The van der Waals surface area contributed by atoms with E-state index in [4.69, 9.17) is 4.74 Å². The molecule has 0 radical (unpaired) electrons. The fraction of sp³-hybridized carbons (Fsp3) is 0.368. The number of benzene rings is 1. The zero-order valence-corrected chi connectivity index (χ0v) is 16.2. The van der Waals surface area contributed by atoms with Crippen LogP contribution in [-0.4, -0.2) is 44.0 Å². The van der Waals surface area contributed by atoms with Crippen LogP contribution in [0.3, 0.4) is 0 Å². The Morgan fingerprint density at radius 2 is 1.89 bits per heavy atom. The van der Waals surface area contributed by atoms with Gasteiger partial charge >= 0.3 is 0 Å². The highest BCUT2D eigenvalue weighted by molar-refractivity contribution is 7.89. The van der Waals surface area contributed by atoms with Gasteiger partial charge < -0.3 is 10.1 Å². The second kappa shape index (κ2) is 8.05. The Bertz CT molecular complexity index is 960. The monoisotopic (exact) mass is 386 g/mol. The lowest BCUT2D eigenvalue weighted by Crippen LogP contribution is -2.40. The van der Waals surface area contributed by atoms with Gasteiger partial charge in [-0.1, -0.05) is 12.1 Å².